The number of anilines is 2. The number of amidine groups is 2. The monoisotopic (exact) mass is 818 g/mol. The van der Waals surface area contributed by atoms with Gasteiger partial charge in [-0.1, -0.05) is 23.5 Å². The van der Waals surface area contributed by atoms with Crippen molar-refractivity contribution < 1.29 is 38.1 Å². The summed E-state index contributed by atoms with van der Waals surface area (Å²) in [4.78, 5) is 36.4. The minimum absolute atomic E-state index is 0.0712. The van der Waals surface area contributed by atoms with E-state index in [1.165, 1.54) is 57.6 Å². The molecule has 0 bridgehead atoms. The molecule has 308 valence electrons. The van der Waals surface area contributed by atoms with Gasteiger partial charge in [0.25, 0.3) is 0 Å². The van der Waals surface area contributed by atoms with Crippen LogP contribution in [-0.2, 0) is 20.6 Å². The molecule has 0 radical (unpaired) electrons. The molecule has 2 saturated carbocycles. The largest absolute Gasteiger partial charge is 0.465 e. The van der Waals surface area contributed by atoms with Crippen molar-refractivity contribution in [2.75, 3.05) is 37.2 Å². The first kappa shape index (κ1) is 43.5. The minimum Gasteiger partial charge on any atom is -0.465 e. The number of benzene rings is 2. The van der Waals surface area contributed by atoms with Gasteiger partial charge in [-0.15, -0.1) is 0 Å². The number of thioether (sulfide) groups is 2. The molecule has 2 heterocycles. The number of nitrogens with two attached hydrogens (primary N) is 2. The maximum absolute atomic E-state index is 15.0. The number of methoxy groups -OCH3 is 2. The summed E-state index contributed by atoms with van der Waals surface area (Å²) in [6.07, 6.45) is 2.13. The van der Waals surface area contributed by atoms with Crippen LogP contribution in [0.1, 0.15) is 91.2 Å². The molecule has 16 heteroatoms. The van der Waals surface area contributed by atoms with E-state index in [4.69, 9.17) is 30.9 Å². The Labute approximate surface area is 336 Å². The van der Waals surface area contributed by atoms with Crippen molar-refractivity contribution in [3.8, 4) is 0 Å². The zero-order valence-corrected chi connectivity index (χ0v) is 35.1. The number of carboxylic acid groups (broad SMARTS) is 2. The van der Waals surface area contributed by atoms with E-state index in [1.54, 1.807) is 26.4 Å². The fourth-order valence-electron chi connectivity index (χ4n) is 8.43. The van der Waals surface area contributed by atoms with E-state index in [0.717, 1.165) is 25.7 Å². The van der Waals surface area contributed by atoms with Crippen molar-refractivity contribution >= 4 is 57.4 Å². The predicted octanol–water partition coefficient (Wildman–Crippen LogP) is 8.60. The zero-order valence-electron chi connectivity index (χ0n) is 33.5. The van der Waals surface area contributed by atoms with Crippen LogP contribution in [0.15, 0.2) is 46.4 Å². The number of rotatable bonds is 4. The molecule has 12 nitrogen and oxygen atoms in total. The van der Waals surface area contributed by atoms with E-state index in [9.17, 15) is 28.6 Å². The number of hydrogen-bond acceptors (Lipinski definition) is 10. The third-order valence-corrected chi connectivity index (χ3v) is 13.4. The molecule has 4 aliphatic rings. The van der Waals surface area contributed by atoms with E-state index < -0.39 is 34.3 Å². The Morgan fingerprint density at radius 3 is 1.38 bits per heavy atom. The number of ether oxygens (including phenoxy) is 2. The first-order valence-electron chi connectivity index (χ1n) is 18.8. The zero-order chi connectivity index (χ0) is 41.4. The van der Waals surface area contributed by atoms with Gasteiger partial charge < -0.3 is 31.2 Å². The summed E-state index contributed by atoms with van der Waals surface area (Å²) in [6, 6.07) is 9.06. The Balaban J connectivity index is 0.000000214. The number of halogens is 2. The fraction of sp³-hybridized carbons (Fsp3) is 0.600. The summed E-state index contributed by atoms with van der Waals surface area (Å²) in [6.45, 7) is 10.9. The summed E-state index contributed by atoms with van der Waals surface area (Å²) in [5.74, 6) is 0.763. The van der Waals surface area contributed by atoms with Crippen molar-refractivity contribution in [3.05, 3.63) is 59.2 Å². The maximum atomic E-state index is 15.0. The first-order chi connectivity index (χ1) is 26.2. The predicted molar refractivity (Wildman–Crippen MR) is 220 cm³/mol. The topological polar surface area (TPSA) is 176 Å². The van der Waals surface area contributed by atoms with Crippen LogP contribution >= 0.6 is 23.5 Å². The molecule has 0 spiro atoms. The van der Waals surface area contributed by atoms with Crippen LogP contribution in [0.5, 0.6) is 0 Å². The Bertz CT molecular complexity index is 1720. The second-order valence-electron chi connectivity index (χ2n) is 17.0. The number of carbonyl (C=O) groups is 2. The number of hydrogen-bond donors (Lipinski definition) is 4. The second kappa shape index (κ2) is 16.7. The molecule has 2 amide bonds. The highest BCUT2D eigenvalue weighted by molar-refractivity contribution is 8.14. The molecule has 0 unspecified atom stereocenters. The molecular formula is C40H56F2N6O6S2. The Morgan fingerprint density at radius 2 is 1.07 bits per heavy atom. The average molecular weight is 819 g/mol. The van der Waals surface area contributed by atoms with E-state index in [2.05, 4.69) is 0 Å². The van der Waals surface area contributed by atoms with Crippen LogP contribution in [0, 0.1) is 23.5 Å². The lowest BCUT2D eigenvalue weighted by molar-refractivity contribution is 0.0185. The fourth-order valence-corrected chi connectivity index (χ4v) is 11.4. The average Bonchev–Trinajstić information content (AvgIpc) is 3.11. The lowest BCUT2D eigenvalue weighted by atomic mass is 9.68. The molecule has 2 aliphatic heterocycles. The van der Waals surface area contributed by atoms with Crippen LogP contribution < -0.4 is 11.5 Å². The second-order valence-corrected chi connectivity index (χ2v) is 19.0. The van der Waals surface area contributed by atoms with Crippen molar-refractivity contribution in [2.24, 2.45) is 21.8 Å². The lowest BCUT2D eigenvalue weighted by Crippen LogP contribution is -2.53. The van der Waals surface area contributed by atoms with Crippen LogP contribution in [-0.4, -0.2) is 91.5 Å². The van der Waals surface area contributed by atoms with Crippen LogP contribution in [0.4, 0.5) is 29.7 Å². The van der Waals surface area contributed by atoms with E-state index in [-0.39, 0.29) is 35.7 Å². The van der Waals surface area contributed by atoms with Crippen LogP contribution in [0.3, 0.4) is 0 Å². The van der Waals surface area contributed by atoms with Crippen molar-refractivity contribution in [1.29, 1.82) is 0 Å². The molecule has 6 atom stereocenters. The van der Waals surface area contributed by atoms with Crippen molar-refractivity contribution in [1.82, 2.24) is 9.80 Å². The lowest BCUT2D eigenvalue weighted by Gasteiger charge is -2.48. The summed E-state index contributed by atoms with van der Waals surface area (Å²) in [7, 11) is 3.30. The summed E-state index contributed by atoms with van der Waals surface area (Å²) in [5.41, 5.74) is 10.6. The minimum atomic E-state index is -1.07. The molecule has 56 heavy (non-hydrogen) atoms. The SMILES string of the molecule is CO[C@@H]1CC[C@H]2CSC(N(C(=O)O)C(C)(C)C)=N[C@@]2(c2cc(N)ccc2F)C1.CO[C@@H]1CC[C@H]2CSC(N(C(=O)O)C(C)(C)C)=N[C@@]2(c2cc(N)ccc2F)C1. The standard InChI is InChI=1S/2C20H28FN3O3S/c2*1-19(2,3)24(18(25)26)17-23-20(15-9-13(22)6-8-16(15)21)10-14(27-4)7-5-12(20)11-28-17/h2*6,8-9,12,14H,5,7,10-11,22H2,1-4H3,(H,25,26)/t2*12-,14+,20-/m00/s1. The molecular weight excluding hydrogens is 763 g/mol. The highest BCUT2D eigenvalue weighted by Crippen LogP contribution is 2.53. The number of nitrogens with zero attached hydrogens (tertiary/aromatic N) is 4. The highest BCUT2D eigenvalue weighted by Gasteiger charge is 2.52. The van der Waals surface area contributed by atoms with Gasteiger partial charge in [0.05, 0.1) is 23.3 Å². The van der Waals surface area contributed by atoms with Crippen LogP contribution in [0.25, 0.3) is 0 Å². The quantitative estimate of drug-likeness (QED) is 0.219. The molecule has 2 aromatic carbocycles. The molecule has 2 fully saturated rings. The van der Waals surface area contributed by atoms with Gasteiger partial charge in [0.2, 0.25) is 0 Å². The van der Waals surface area contributed by atoms with Gasteiger partial charge in [-0.2, -0.15) is 0 Å². The molecule has 6 rings (SSSR count). The number of nitrogen functional groups attached to an aromatic ring is 2. The smallest absolute Gasteiger partial charge is 0.413 e. The normalized spacial score (nSPS) is 27.7. The molecule has 2 aromatic rings. The molecule has 0 saturated heterocycles. The Kier molecular flexibility index (Phi) is 13.0. The van der Waals surface area contributed by atoms with Crippen molar-refractivity contribution in [2.45, 2.75) is 114 Å². The summed E-state index contributed by atoms with van der Waals surface area (Å²) < 4.78 is 41.2. The Hall–Kier alpha value is -3.60. The van der Waals surface area contributed by atoms with Gasteiger partial charge in [0.1, 0.15) is 11.6 Å². The van der Waals surface area contributed by atoms with Gasteiger partial charge in [-0.3, -0.25) is 9.80 Å². The number of amides is 2. The number of aliphatic imine (C=N–C) groups is 2. The van der Waals surface area contributed by atoms with E-state index >= 15 is 0 Å². The number of fused-ring (bicyclic) bond motifs is 2. The van der Waals surface area contributed by atoms with Crippen LogP contribution in [0.2, 0.25) is 0 Å². The van der Waals surface area contributed by atoms with E-state index in [1.807, 2.05) is 41.5 Å². The molecule has 6 N–H and O–H groups in total. The first-order valence-corrected chi connectivity index (χ1v) is 20.8. The van der Waals surface area contributed by atoms with Gasteiger partial charge >= 0.3 is 12.2 Å². The molecule has 0 aromatic heterocycles. The Morgan fingerprint density at radius 1 is 0.714 bits per heavy atom. The third kappa shape index (κ3) is 8.77. The van der Waals surface area contributed by atoms with Gasteiger partial charge in [-0.25, -0.2) is 28.4 Å². The van der Waals surface area contributed by atoms with Gasteiger partial charge in [0, 0.05) is 72.1 Å². The molecule has 2 aliphatic carbocycles. The summed E-state index contributed by atoms with van der Waals surface area (Å²) in [5, 5.41) is 20.4. The van der Waals surface area contributed by atoms with Gasteiger partial charge in [-0.05, 0) is 115 Å². The third-order valence-electron chi connectivity index (χ3n) is 11.2. The van der Waals surface area contributed by atoms with Crippen molar-refractivity contribution in [3.63, 3.8) is 0 Å². The highest BCUT2D eigenvalue weighted by atomic mass is 32.2. The van der Waals surface area contributed by atoms with Gasteiger partial charge in [0.15, 0.2) is 10.3 Å². The van der Waals surface area contributed by atoms with E-state index in [0.29, 0.717) is 57.2 Å². The maximum Gasteiger partial charge on any atom is 0.413 e. The summed E-state index contributed by atoms with van der Waals surface area (Å²) >= 11 is 2.85.